The van der Waals surface area contributed by atoms with Gasteiger partial charge in [-0.25, -0.2) is 21.1 Å². The Balaban J connectivity index is 2.07. The fourth-order valence-corrected chi connectivity index (χ4v) is 5.44. The van der Waals surface area contributed by atoms with Gasteiger partial charge >= 0.3 is 5.97 Å². The quantitative estimate of drug-likeness (QED) is 0.447. The number of carbonyl (C=O) groups is 2. The van der Waals surface area contributed by atoms with Gasteiger partial charge in [0, 0.05) is 19.8 Å². The van der Waals surface area contributed by atoms with E-state index in [2.05, 4.69) is 10.0 Å². The average molecular weight is 532 g/mol. The molecule has 0 aliphatic heterocycles. The molecular formula is C21H26ClN3O7S2. The second kappa shape index (κ2) is 11.3. The minimum atomic E-state index is -3.99. The summed E-state index contributed by atoms with van der Waals surface area (Å²) in [5.74, 6) is -2.15. The van der Waals surface area contributed by atoms with Crippen LogP contribution in [-0.2, 0) is 34.4 Å². The van der Waals surface area contributed by atoms with E-state index in [1.165, 1.54) is 44.4 Å². The molecule has 13 heteroatoms. The van der Waals surface area contributed by atoms with Crippen LogP contribution >= 0.6 is 11.6 Å². The van der Waals surface area contributed by atoms with Crippen LogP contribution in [0.4, 0.5) is 5.69 Å². The maximum Gasteiger partial charge on any atom is 0.324 e. The smallest absolute Gasteiger partial charge is 0.324 e. The van der Waals surface area contributed by atoms with Crippen LogP contribution in [0.2, 0.25) is 5.02 Å². The largest absolute Gasteiger partial charge is 0.454 e. The van der Waals surface area contributed by atoms with Crippen molar-refractivity contribution in [3.8, 4) is 0 Å². The summed E-state index contributed by atoms with van der Waals surface area (Å²) < 4.78 is 58.1. The predicted octanol–water partition coefficient (Wildman–Crippen LogP) is 2.08. The van der Waals surface area contributed by atoms with E-state index in [9.17, 15) is 26.4 Å². The second-order valence-electron chi connectivity index (χ2n) is 7.74. The molecule has 1 amide bonds. The van der Waals surface area contributed by atoms with Gasteiger partial charge in [0.05, 0.1) is 9.92 Å². The first-order valence-corrected chi connectivity index (χ1v) is 13.3. The van der Waals surface area contributed by atoms with E-state index >= 15 is 0 Å². The van der Waals surface area contributed by atoms with Gasteiger partial charge in [-0.3, -0.25) is 9.59 Å². The molecule has 186 valence electrons. The molecule has 0 bridgehead atoms. The van der Waals surface area contributed by atoms with Crippen LogP contribution in [0.5, 0.6) is 0 Å². The highest BCUT2D eigenvalue weighted by atomic mass is 35.5. The Morgan fingerprint density at radius 2 is 1.65 bits per heavy atom. The summed E-state index contributed by atoms with van der Waals surface area (Å²) >= 11 is 5.98. The maximum atomic E-state index is 12.6. The Hall–Kier alpha value is -2.51. The monoisotopic (exact) mass is 531 g/mol. The molecule has 2 aromatic rings. The van der Waals surface area contributed by atoms with Gasteiger partial charge in [0.2, 0.25) is 20.0 Å². The molecule has 2 aromatic carbocycles. The number of anilines is 1. The van der Waals surface area contributed by atoms with Crippen LogP contribution in [0.3, 0.4) is 0 Å². The third-order valence-corrected chi connectivity index (χ3v) is 8.33. The maximum absolute atomic E-state index is 12.6. The molecule has 0 radical (unpaired) electrons. The van der Waals surface area contributed by atoms with E-state index in [0.717, 1.165) is 4.31 Å². The Morgan fingerprint density at radius 1 is 1.03 bits per heavy atom. The molecule has 0 saturated carbocycles. The van der Waals surface area contributed by atoms with Gasteiger partial charge in [0.1, 0.15) is 10.9 Å². The lowest BCUT2D eigenvalue weighted by Crippen LogP contribution is -2.45. The molecule has 2 N–H and O–H groups in total. The lowest BCUT2D eigenvalue weighted by atomic mass is 10.1. The number of ether oxygens (including phenoxy) is 1. The number of rotatable bonds is 10. The normalized spacial score (nSPS) is 13.0. The molecular weight excluding hydrogens is 506 g/mol. The Kier molecular flexibility index (Phi) is 9.20. The number of amides is 1. The number of sulfonamides is 2. The number of halogens is 1. The highest BCUT2D eigenvalue weighted by Crippen LogP contribution is 2.26. The predicted molar refractivity (Wildman–Crippen MR) is 127 cm³/mol. The van der Waals surface area contributed by atoms with Crippen molar-refractivity contribution >= 4 is 49.2 Å². The fourth-order valence-electron chi connectivity index (χ4n) is 2.69. The van der Waals surface area contributed by atoms with E-state index in [4.69, 9.17) is 16.3 Å². The van der Waals surface area contributed by atoms with Gasteiger partial charge in [-0.05, 0) is 36.2 Å². The summed E-state index contributed by atoms with van der Waals surface area (Å²) in [4.78, 5) is 24.6. The molecule has 0 aliphatic rings. The van der Waals surface area contributed by atoms with Gasteiger partial charge in [0.25, 0.3) is 5.91 Å². The lowest BCUT2D eigenvalue weighted by molar-refractivity contribution is -0.150. The molecule has 0 spiro atoms. The zero-order valence-electron chi connectivity index (χ0n) is 19.0. The standard InChI is InChI=1S/C21H26ClN3O7S2/c1-14(2)20(24-33(28,29)16-8-6-5-7-9-16)21(27)32-13-19(26)23-15-10-11-17(22)18(12-15)34(30,31)25(3)4/h5-12,14,20,24H,13H2,1-4H3,(H,23,26). The van der Waals surface area contributed by atoms with Crippen molar-refractivity contribution in [3.05, 3.63) is 53.6 Å². The first-order chi connectivity index (χ1) is 15.8. The minimum absolute atomic E-state index is 0.0163. The van der Waals surface area contributed by atoms with Crippen molar-refractivity contribution < 1.29 is 31.2 Å². The third kappa shape index (κ3) is 7.00. The first kappa shape index (κ1) is 27.7. The average Bonchev–Trinajstić information content (AvgIpc) is 2.77. The van der Waals surface area contributed by atoms with Gasteiger partial charge in [-0.15, -0.1) is 0 Å². The van der Waals surface area contributed by atoms with Crippen LogP contribution in [0.1, 0.15) is 13.8 Å². The highest BCUT2D eigenvalue weighted by Gasteiger charge is 2.30. The van der Waals surface area contributed by atoms with E-state index in [1.807, 2.05) is 0 Å². The molecule has 10 nitrogen and oxygen atoms in total. The molecule has 0 aliphatic carbocycles. The second-order valence-corrected chi connectivity index (χ2v) is 12.0. The van der Waals surface area contributed by atoms with Gasteiger partial charge in [-0.1, -0.05) is 43.6 Å². The number of benzene rings is 2. The van der Waals surface area contributed by atoms with Crippen LogP contribution < -0.4 is 10.0 Å². The Bertz CT molecular complexity index is 1250. The van der Waals surface area contributed by atoms with Crippen LogP contribution in [0.25, 0.3) is 0 Å². The van der Waals surface area contributed by atoms with Gasteiger partial charge in [0.15, 0.2) is 6.61 Å². The number of nitrogens with one attached hydrogen (secondary N) is 2. The molecule has 0 fully saturated rings. The molecule has 1 atom stereocenters. The summed E-state index contributed by atoms with van der Waals surface area (Å²) in [7, 11) is -5.16. The van der Waals surface area contributed by atoms with Gasteiger partial charge < -0.3 is 10.1 Å². The van der Waals surface area contributed by atoms with Crippen molar-refractivity contribution in [2.75, 3.05) is 26.0 Å². The number of esters is 1. The van der Waals surface area contributed by atoms with Gasteiger partial charge in [-0.2, -0.15) is 4.72 Å². The Morgan fingerprint density at radius 3 is 2.21 bits per heavy atom. The zero-order chi connectivity index (χ0) is 25.7. The number of nitrogens with zero attached hydrogens (tertiary/aromatic N) is 1. The van der Waals surface area contributed by atoms with E-state index < -0.39 is 50.5 Å². The molecule has 2 rings (SSSR count). The van der Waals surface area contributed by atoms with Crippen LogP contribution in [-0.4, -0.2) is 59.8 Å². The number of hydrogen-bond donors (Lipinski definition) is 2. The summed E-state index contributed by atoms with van der Waals surface area (Å²) in [6.45, 7) is 2.54. The van der Waals surface area contributed by atoms with E-state index in [0.29, 0.717) is 0 Å². The topological polar surface area (TPSA) is 139 Å². The molecule has 34 heavy (non-hydrogen) atoms. The van der Waals surface area contributed by atoms with E-state index in [-0.39, 0.29) is 20.5 Å². The van der Waals surface area contributed by atoms with Crippen molar-refractivity contribution in [2.24, 2.45) is 5.92 Å². The number of hydrogen-bond acceptors (Lipinski definition) is 7. The number of carbonyl (C=O) groups excluding carboxylic acids is 2. The van der Waals surface area contributed by atoms with Crippen molar-refractivity contribution in [1.29, 1.82) is 0 Å². The Labute approximate surface area is 204 Å². The highest BCUT2D eigenvalue weighted by molar-refractivity contribution is 7.89. The minimum Gasteiger partial charge on any atom is -0.454 e. The summed E-state index contributed by atoms with van der Waals surface area (Å²) in [5.41, 5.74) is 0.121. The zero-order valence-corrected chi connectivity index (χ0v) is 21.4. The van der Waals surface area contributed by atoms with Crippen molar-refractivity contribution in [2.45, 2.75) is 29.7 Å². The van der Waals surface area contributed by atoms with Crippen molar-refractivity contribution in [3.63, 3.8) is 0 Å². The molecule has 1 unspecified atom stereocenters. The van der Waals surface area contributed by atoms with E-state index in [1.54, 1.807) is 32.0 Å². The summed E-state index contributed by atoms with van der Waals surface area (Å²) in [6.07, 6.45) is 0. The molecule has 0 saturated heterocycles. The van der Waals surface area contributed by atoms with Crippen LogP contribution in [0.15, 0.2) is 58.3 Å². The van der Waals surface area contributed by atoms with Crippen molar-refractivity contribution in [1.82, 2.24) is 9.03 Å². The first-order valence-electron chi connectivity index (χ1n) is 10.0. The molecule has 0 heterocycles. The third-order valence-electron chi connectivity index (χ3n) is 4.58. The summed E-state index contributed by atoms with van der Waals surface area (Å²) in [5, 5.41) is 2.40. The SMILES string of the molecule is CC(C)C(NS(=O)(=O)c1ccccc1)C(=O)OCC(=O)Nc1ccc(Cl)c(S(=O)(=O)N(C)C)c1. The summed E-state index contributed by atoms with van der Waals surface area (Å²) in [6, 6.07) is 10.2. The lowest BCUT2D eigenvalue weighted by Gasteiger charge is -2.20. The fraction of sp³-hybridized carbons (Fsp3) is 0.333. The van der Waals surface area contributed by atoms with Crippen LogP contribution in [0, 0.1) is 5.92 Å². The molecule has 0 aromatic heterocycles.